The third-order valence-corrected chi connectivity index (χ3v) is 4.27. The number of hydrogen-bond acceptors (Lipinski definition) is 2. The van der Waals surface area contributed by atoms with Crippen LogP contribution in [0.15, 0.2) is 18.2 Å². The van der Waals surface area contributed by atoms with E-state index in [0.29, 0.717) is 0 Å². The lowest BCUT2D eigenvalue weighted by Crippen LogP contribution is -2.07. The van der Waals surface area contributed by atoms with E-state index in [2.05, 4.69) is 10.1 Å². The molecule has 2 heterocycles. The van der Waals surface area contributed by atoms with E-state index >= 15 is 0 Å². The molecule has 0 spiro atoms. The molecule has 6 heteroatoms. The Morgan fingerprint density at radius 1 is 1.24 bits per heavy atom. The second-order valence-corrected chi connectivity index (χ2v) is 6.25. The van der Waals surface area contributed by atoms with Crippen LogP contribution in [0, 0.1) is 13.8 Å². The third kappa shape index (κ3) is 2.14. The first-order chi connectivity index (χ1) is 9.91. The summed E-state index contributed by atoms with van der Waals surface area (Å²) in [4.78, 5) is 4.68. The highest BCUT2D eigenvalue weighted by atomic mass is 35.5. The molecule has 0 N–H and O–H groups in total. The lowest BCUT2D eigenvalue weighted by Gasteiger charge is -2.14. The number of fused-ring (bicyclic) bond motifs is 1. The standard InChI is InChI=1S/C15H16Cl2N4/c1-8-11(17)6-5-7-12(8)21-14(9(2)16)18-13-10(3)19-20(4)15(13)21/h5-7,9H,1-4H3. The highest BCUT2D eigenvalue weighted by Gasteiger charge is 2.22. The van der Waals surface area contributed by atoms with Crippen LogP contribution in [0.1, 0.15) is 29.4 Å². The Labute approximate surface area is 133 Å². The van der Waals surface area contributed by atoms with Crippen molar-refractivity contribution in [2.45, 2.75) is 26.1 Å². The molecule has 0 aliphatic rings. The van der Waals surface area contributed by atoms with E-state index in [9.17, 15) is 0 Å². The number of aryl methyl sites for hydroxylation is 2. The molecular weight excluding hydrogens is 307 g/mol. The molecule has 4 nitrogen and oxygen atoms in total. The first-order valence-corrected chi connectivity index (χ1v) is 7.54. The lowest BCUT2D eigenvalue weighted by atomic mass is 10.2. The van der Waals surface area contributed by atoms with Crippen LogP contribution >= 0.6 is 23.2 Å². The monoisotopic (exact) mass is 322 g/mol. The Bertz CT molecular complexity index is 830. The summed E-state index contributed by atoms with van der Waals surface area (Å²) in [6, 6.07) is 5.84. The summed E-state index contributed by atoms with van der Waals surface area (Å²) < 4.78 is 3.88. The number of rotatable bonds is 2. The number of nitrogens with zero attached hydrogens (tertiary/aromatic N) is 4. The van der Waals surface area contributed by atoms with Gasteiger partial charge in [-0.25, -0.2) is 9.67 Å². The van der Waals surface area contributed by atoms with E-state index in [1.54, 1.807) is 0 Å². The number of halogens is 2. The molecule has 3 rings (SSSR count). The first-order valence-electron chi connectivity index (χ1n) is 6.73. The van der Waals surface area contributed by atoms with Crippen molar-refractivity contribution in [2.75, 3.05) is 0 Å². The molecule has 21 heavy (non-hydrogen) atoms. The highest BCUT2D eigenvalue weighted by molar-refractivity contribution is 6.31. The normalized spacial score (nSPS) is 13.0. The largest absolute Gasteiger partial charge is 0.279 e. The second-order valence-electron chi connectivity index (χ2n) is 5.19. The lowest BCUT2D eigenvalue weighted by molar-refractivity contribution is 0.747. The predicted molar refractivity (Wildman–Crippen MR) is 86.6 cm³/mol. The number of aromatic nitrogens is 4. The Balaban J connectivity index is 2.44. The van der Waals surface area contributed by atoms with Crippen molar-refractivity contribution in [1.82, 2.24) is 19.3 Å². The minimum atomic E-state index is -0.213. The van der Waals surface area contributed by atoms with E-state index in [1.165, 1.54) is 0 Å². The molecule has 0 saturated heterocycles. The van der Waals surface area contributed by atoms with Gasteiger partial charge in [0.05, 0.1) is 16.8 Å². The fraction of sp³-hybridized carbons (Fsp3) is 0.333. The van der Waals surface area contributed by atoms with Gasteiger partial charge in [0.2, 0.25) is 0 Å². The topological polar surface area (TPSA) is 35.6 Å². The molecule has 1 unspecified atom stereocenters. The van der Waals surface area contributed by atoms with Gasteiger partial charge in [0, 0.05) is 12.1 Å². The zero-order chi connectivity index (χ0) is 15.3. The zero-order valence-electron chi connectivity index (χ0n) is 12.4. The summed E-state index contributed by atoms with van der Waals surface area (Å²) in [6.45, 7) is 5.87. The van der Waals surface area contributed by atoms with Crippen LogP contribution < -0.4 is 0 Å². The molecule has 3 aromatic rings. The third-order valence-electron chi connectivity index (χ3n) is 3.66. The van der Waals surface area contributed by atoms with Crippen molar-refractivity contribution < 1.29 is 0 Å². The van der Waals surface area contributed by atoms with E-state index in [1.807, 2.05) is 55.3 Å². The zero-order valence-corrected chi connectivity index (χ0v) is 13.9. The summed E-state index contributed by atoms with van der Waals surface area (Å²) in [5.41, 5.74) is 4.68. The van der Waals surface area contributed by atoms with Crippen LogP contribution in [0.2, 0.25) is 5.02 Å². The van der Waals surface area contributed by atoms with Crippen LogP contribution in [-0.2, 0) is 7.05 Å². The number of imidazole rings is 1. The van der Waals surface area contributed by atoms with Gasteiger partial charge in [-0.3, -0.25) is 4.57 Å². The molecule has 1 atom stereocenters. The number of benzene rings is 1. The Hall–Kier alpha value is -1.52. The van der Waals surface area contributed by atoms with Gasteiger partial charge in [-0.05, 0) is 38.5 Å². The van der Waals surface area contributed by atoms with Gasteiger partial charge >= 0.3 is 0 Å². The van der Waals surface area contributed by atoms with Crippen LogP contribution in [0.4, 0.5) is 0 Å². The van der Waals surface area contributed by atoms with E-state index in [0.717, 1.165) is 39.0 Å². The maximum Gasteiger partial charge on any atom is 0.163 e. The van der Waals surface area contributed by atoms with E-state index in [-0.39, 0.29) is 5.38 Å². The van der Waals surface area contributed by atoms with E-state index < -0.39 is 0 Å². The van der Waals surface area contributed by atoms with Gasteiger partial charge in [0.15, 0.2) is 5.65 Å². The van der Waals surface area contributed by atoms with Gasteiger partial charge in [-0.1, -0.05) is 17.7 Å². The van der Waals surface area contributed by atoms with Crippen molar-refractivity contribution in [3.05, 3.63) is 40.3 Å². The summed E-state index contributed by atoms with van der Waals surface area (Å²) in [5, 5.41) is 4.96. The minimum Gasteiger partial charge on any atom is -0.279 e. The van der Waals surface area contributed by atoms with Gasteiger partial charge in [-0.15, -0.1) is 11.6 Å². The van der Waals surface area contributed by atoms with Crippen LogP contribution in [0.3, 0.4) is 0 Å². The summed E-state index contributed by atoms with van der Waals surface area (Å²) in [7, 11) is 1.91. The fourth-order valence-corrected chi connectivity index (χ4v) is 2.95. The number of alkyl halides is 1. The van der Waals surface area contributed by atoms with Crippen molar-refractivity contribution in [2.24, 2.45) is 7.05 Å². The molecule has 0 saturated carbocycles. The Morgan fingerprint density at radius 3 is 2.62 bits per heavy atom. The molecule has 0 amide bonds. The summed E-state index contributed by atoms with van der Waals surface area (Å²) in [5.74, 6) is 0.799. The molecule has 0 aliphatic carbocycles. The first kappa shape index (κ1) is 14.4. The van der Waals surface area contributed by atoms with Crippen LogP contribution in [0.5, 0.6) is 0 Å². The van der Waals surface area contributed by atoms with Gasteiger partial charge in [0.25, 0.3) is 0 Å². The molecule has 1 aromatic carbocycles. The van der Waals surface area contributed by atoms with Crippen LogP contribution in [0.25, 0.3) is 16.9 Å². The Kier molecular flexibility index (Phi) is 3.46. The molecule has 0 bridgehead atoms. The summed E-state index contributed by atoms with van der Waals surface area (Å²) in [6.07, 6.45) is 0. The van der Waals surface area contributed by atoms with E-state index in [4.69, 9.17) is 23.2 Å². The molecular formula is C15H16Cl2N4. The van der Waals surface area contributed by atoms with Crippen molar-refractivity contribution >= 4 is 34.4 Å². The molecule has 0 fully saturated rings. The van der Waals surface area contributed by atoms with Crippen LogP contribution in [-0.4, -0.2) is 19.3 Å². The van der Waals surface area contributed by atoms with Gasteiger partial charge in [0.1, 0.15) is 11.3 Å². The average molecular weight is 323 g/mol. The molecule has 0 aliphatic heterocycles. The predicted octanol–water partition coefficient (Wildman–Crippen LogP) is 4.33. The molecule has 110 valence electrons. The smallest absolute Gasteiger partial charge is 0.163 e. The summed E-state index contributed by atoms with van der Waals surface area (Å²) >= 11 is 12.6. The highest BCUT2D eigenvalue weighted by Crippen LogP contribution is 2.32. The maximum absolute atomic E-state index is 6.34. The van der Waals surface area contributed by atoms with Crippen molar-refractivity contribution in [3.8, 4) is 5.69 Å². The van der Waals surface area contributed by atoms with Gasteiger partial charge in [-0.2, -0.15) is 5.10 Å². The minimum absolute atomic E-state index is 0.213. The number of hydrogen-bond donors (Lipinski definition) is 0. The maximum atomic E-state index is 6.34. The Morgan fingerprint density at radius 2 is 1.95 bits per heavy atom. The SMILES string of the molecule is Cc1c(Cl)cccc1-n1c(C(C)Cl)nc2c(C)nn(C)c21. The average Bonchev–Trinajstić information content (AvgIpc) is 2.93. The molecule has 2 aromatic heterocycles. The fourth-order valence-electron chi connectivity index (χ4n) is 2.63. The second kappa shape index (κ2) is 5.04. The molecule has 0 radical (unpaired) electrons. The van der Waals surface area contributed by atoms with Crippen molar-refractivity contribution in [3.63, 3.8) is 0 Å². The van der Waals surface area contributed by atoms with Crippen molar-refractivity contribution in [1.29, 1.82) is 0 Å². The van der Waals surface area contributed by atoms with Gasteiger partial charge < -0.3 is 0 Å². The quantitative estimate of drug-likeness (QED) is 0.658.